The molecule has 0 saturated carbocycles. The molecule has 2 heterocycles. The highest BCUT2D eigenvalue weighted by molar-refractivity contribution is 7.89. The number of rotatable bonds is 5. The molecule has 1 fully saturated rings. The summed E-state index contributed by atoms with van der Waals surface area (Å²) in [5, 5.41) is 6.36. The van der Waals surface area contributed by atoms with E-state index in [1.807, 2.05) is 0 Å². The summed E-state index contributed by atoms with van der Waals surface area (Å²) in [6, 6.07) is 1.48. The van der Waals surface area contributed by atoms with E-state index in [1.54, 1.807) is 0 Å². The smallest absolute Gasteiger partial charge is 0.260 e. The highest BCUT2D eigenvalue weighted by Crippen LogP contribution is 2.14. The van der Waals surface area contributed by atoms with Crippen LogP contribution in [0.25, 0.3) is 0 Å². The lowest BCUT2D eigenvalue weighted by molar-refractivity contribution is 0.187. The van der Waals surface area contributed by atoms with E-state index in [9.17, 15) is 8.42 Å². The minimum absolute atomic E-state index is 0.165. The standard InChI is InChI=1S/C10H19N5O2S/c11-3-1-5-14-6-8-15(9-7-14)18(16,17)10-2-4-12-13-10/h2,4H,1,3,5-9,11H2,(H,12,13). The van der Waals surface area contributed by atoms with Crippen molar-refractivity contribution in [2.45, 2.75) is 11.4 Å². The Bertz CT molecular complexity index is 451. The Morgan fingerprint density at radius 2 is 2.06 bits per heavy atom. The Labute approximate surface area is 107 Å². The molecule has 0 radical (unpaired) electrons. The molecule has 3 N–H and O–H groups in total. The van der Waals surface area contributed by atoms with Gasteiger partial charge < -0.3 is 10.6 Å². The normalized spacial score (nSPS) is 19.2. The van der Waals surface area contributed by atoms with E-state index in [0.29, 0.717) is 19.6 Å². The number of nitrogens with two attached hydrogens (primary N) is 1. The summed E-state index contributed by atoms with van der Waals surface area (Å²) in [6.45, 7) is 4.17. The van der Waals surface area contributed by atoms with Crippen LogP contribution in [0, 0.1) is 0 Å². The maximum atomic E-state index is 12.2. The molecule has 1 saturated heterocycles. The van der Waals surface area contributed by atoms with Crippen molar-refractivity contribution in [2.75, 3.05) is 39.3 Å². The highest BCUT2D eigenvalue weighted by atomic mass is 32.2. The van der Waals surface area contributed by atoms with E-state index in [-0.39, 0.29) is 5.03 Å². The minimum atomic E-state index is -3.40. The molecule has 0 atom stereocenters. The summed E-state index contributed by atoms with van der Waals surface area (Å²) in [6.07, 6.45) is 2.40. The number of aromatic nitrogens is 2. The number of sulfonamides is 1. The Morgan fingerprint density at radius 1 is 1.33 bits per heavy atom. The summed E-state index contributed by atoms with van der Waals surface area (Å²) in [4.78, 5) is 2.24. The van der Waals surface area contributed by atoms with Gasteiger partial charge in [-0.05, 0) is 25.6 Å². The molecule has 1 aliphatic heterocycles. The molecule has 0 unspecified atom stereocenters. The fourth-order valence-electron chi connectivity index (χ4n) is 2.03. The highest BCUT2D eigenvalue weighted by Gasteiger charge is 2.28. The van der Waals surface area contributed by atoms with Crippen LogP contribution in [-0.2, 0) is 10.0 Å². The van der Waals surface area contributed by atoms with E-state index in [2.05, 4.69) is 15.1 Å². The number of H-pyrrole nitrogens is 1. The van der Waals surface area contributed by atoms with E-state index >= 15 is 0 Å². The topological polar surface area (TPSA) is 95.3 Å². The number of hydrogen-bond donors (Lipinski definition) is 2. The Morgan fingerprint density at radius 3 is 2.61 bits per heavy atom. The number of nitrogens with zero attached hydrogens (tertiary/aromatic N) is 3. The van der Waals surface area contributed by atoms with E-state index in [4.69, 9.17) is 5.73 Å². The molecule has 2 rings (SSSR count). The van der Waals surface area contributed by atoms with Crippen molar-refractivity contribution >= 4 is 10.0 Å². The first-order chi connectivity index (χ1) is 8.64. The second-order valence-corrected chi connectivity index (χ2v) is 6.22. The summed E-state index contributed by atoms with van der Waals surface area (Å²) in [5.41, 5.74) is 5.46. The Balaban J connectivity index is 1.94. The minimum Gasteiger partial charge on any atom is -0.330 e. The van der Waals surface area contributed by atoms with Crippen molar-refractivity contribution in [3.8, 4) is 0 Å². The first kappa shape index (κ1) is 13.5. The van der Waals surface area contributed by atoms with Crippen molar-refractivity contribution in [1.29, 1.82) is 0 Å². The second kappa shape index (κ2) is 5.79. The molecule has 102 valence electrons. The van der Waals surface area contributed by atoms with Gasteiger partial charge in [-0.15, -0.1) is 0 Å². The summed E-state index contributed by atoms with van der Waals surface area (Å²) < 4.78 is 25.9. The predicted octanol–water partition coefficient (Wildman–Crippen LogP) is -0.935. The summed E-state index contributed by atoms with van der Waals surface area (Å²) in [5.74, 6) is 0. The van der Waals surface area contributed by atoms with Crippen LogP contribution in [0.1, 0.15) is 6.42 Å². The monoisotopic (exact) mass is 273 g/mol. The molecule has 7 nitrogen and oxygen atoms in total. The van der Waals surface area contributed by atoms with Gasteiger partial charge in [-0.1, -0.05) is 0 Å². The number of piperazine rings is 1. The van der Waals surface area contributed by atoms with E-state index < -0.39 is 10.0 Å². The first-order valence-electron chi connectivity index (χ1n) is 6.06. The third-order valence-corrected chi connectivity index (χ3v) is 4.93. The van der Waals surface area contributed by atoms with Crippen LogP contribution in [-0.4, -0.2) is 67.1 Å². The molecule has 0 aromatic carbocycles. The zero-order chi connectivity index (χ0) is 13.0. The number of hydrogen-bond acceptors (Lipinski definition) is 5. The van der Waals surface area contributed by atoms with Gasteiger partial charge in [-0.2, -0.15) is 9.40 Å². The zero-order valence-electron chi connectivity index (χ0n) is 10.2. The molecule has 1 aromatic heterocycles. The molecule has 1 aromatic rings. The molecule has 8 heteroatoms. The van der Waals surface area contributed by atoms with Crippen molar-refractivity contribution < 1.29 is 8.42 Å². The lowest BCUT2D eigenvalue weighted by Gasteiger charge is -2.33. The van der Waals surface area contributed by atoms with Crippen molar-refractivity contribution in [3.63, 3.8) is 0 Å². The quantitative estimate of drug-likeness (QED) is 0.722. The van der Waals surface area contributed by atoms with Crippen LogP contribution in [0.15, 0.2) is 17.3 Å². The first-order valence-corrected chi connectivity index (χ1v) is 7.50. The Hall–Kier alpha value is -0.960. The maximum Gasteiger partial charge on any atom is 0.260 e. The van der Waals surface area contributed by atoms with Gasteiger partial charge in [-0.25, -0.2) is 8.42 Å². The van der Waals surface area contributed by atoms with Gasteiger partial charge in [0.2, 0.25) is 0 Å². The third kappa shape index (κ3) is 2.89. The molecular weight excluding hydrogens is 254 g/mol. The van der Waals surface area contributed by atoms with Gasteiger partial charge in [-0.3, -0.25) is 5.10 Å². The average Bonchev–Trinajstić information content (AvgIpc) is 2.91. The van der Waals surface area contributed by atoms with E-state index in [1.165, 1.54) is 16.6 Å². The van der Waals surface area contributed by atoms with Crippen molar-refractivity contribution in [1.82, 2.24) is 19.4 Å². The fraction of sp³-hybridized carbons (Fsp3) is 0.700. The number of nitrogens with one attached hydrogen (secondary N) is 1. The third-order valence-electron chi connectivity index (χ3n) is 3.10. The summed E-state index contributed by atoms with van der Waals surface area (Å²) >= 11 is 0. The van der Waals surface area contributed by atoms with Gasteiger partial charge in [0.1, 0.15) is 0 Å². The average molecular weight is 273 g/mol. The maximum absolute atomic E-state index is 12.2. The van der Waals surface area contributed by atoms with Gasteiger partial charge in [0.15, 0.2) is 5.03 Å². The second-order valence-electron chi connectivity index (χ2n) is 4.31. The van der Waals surface area contributed by atoms with Crippen LogP contribution in [0.5, 0.6) is 0 Å². The van der Waals surface area contributed by atoms with Gasteiger partial charge >= 0.3 is 0 Å². The zero-order valence-corrected chi connectivity index (χ0v) is 11.1. The lowest BCUT2D eigenvalue weighted by Crippen LogP contribution is -2.48. The van der Waals surface area contributed by atoms with Crippen LogP contribution in [0.3, 0.4) is 0 Å². The molecule has 1 aliphatic rings. The molecule has 0 spiro atoms. The molecule has 18 heavy (non-hydrogen) atoms. The van der Waals surface area contributed by atoms with Crippen molar-refractivity contribution in [2.24, 2.45) is 5.73 Å². The fourth-order valence-corrected chi connectivity index (χ4v) is 3.36. The molecule has 0 bridgehead atoms. The lowest BCUT2D eigenvalue weighted by atomic mass is 10.3. The molecular formula is C10H19N5O2S. The SMILES string of the molecule is NCCCN1CCN(S(=O)(=O)c2ccn[nH]2)CC1. The Kier molecular flexibility index (Phi) is 4.33. The summed E-state index contributed by atoms with van der Waals surface area (Å²) in [7, 11) is -3.40. The van der Waals surface area contributed by atoms with Gasteiger partial charge in [0.05, 0.1) is 6.20 Å². The van der Waals surface area contributed by atoms with Crippen LogP contribution >= 0.6 is 0 Å². The van der Waals surface area contributed by atoms with Crippen LogP contribution < -0.4 is 5.73 Å². The van der Waals surface area contributed by atoms with Crippen LogP contribution in [0.2, 0.25) is 0 Å². The largest absolute Gasteiger partial charge is 0.330 e. The molecule has 0 aliphatic carbocycles. The predicted molar refractivity (Wildman–Crippen MR) is 67.5 cm³/mol. The van der Waals surface area contributed by atoms with Gasteiger partial charge in [0, 0.05) is 26.2 Å². The van der Waals surface area contributed by atoms with Gasteiger partial charge in [0.25, 0.3) is 10.0 Å². The molecule has 0 amide bonds. The number of aromatic amines is 1. The van der Waals surface area contributed by atoms with E-state index in [0.717, 1.165) is 26.1 Å². The van der Waals surface area contributed by atoms with Crippen molar-refractivity contribution in [3.05, 3.63) is 12.3 Å². The van der Waals surface area contributed by atoms with Crippen LogP contribution in [0.4, 0.5) is 0 Å².